The third kappa shape index (κ3) is 9.37. The first-order valence-electron chi connectivity index (χ1n) is 14.4. The number of H-pyrrole nitrogens is 2. The van der Waals surface area contributed by atoms with Crippen molar-refractivity contribution in [3.8, 4) is 28.3 Å². The zero-order valence-electron chi connectivity index (χ0n) is 24.7. The molecule has 12 nitrogen and oxygen atoms in total. The number of nitrogen functional groups attached to an aromatic ring is 2. The highest BCUT2D eigenvalue weighted by Crippen LogP contribution is 2.30. The average Bonchev–Trinajstić information content (AvgIpc) is 3.78. The molecule has 0 unspecified atom stereocenters. The molecule has 0 amide bonds. The Kier molecular flexibility index (Phi) is 12.5. The Balaban J connectivity index is 0.000000178. The zero-order chi connectivity index (χ0) is 32.0. The van der Waals surface area contributed by atoms with E-state index in [9.17, 15) is 0 Å². The molecule has 6 rings (SSSR count). The first-order valence-corrected chi connectivity index (χ1v) is 14.8. The first-order chi connectivity index (χ1) is 21.9. The third-order valence-corrected chi connectivity index (χ3v) is 6.88. The molecule has 4 aromatic heterocycles. The number of aliphatic hydroxyl groups excluding tert-OH is 3. The molecule has 45 heavy (non-hydrogen) atoms. The highest BCUT2D eigenvalue weighted by atomic mass is 35.5. The maximum atomic E-state index is 8.81. The Bertz CT molecular complexity index is 1760. The molecule has 0 saturated carbocycles. The summed E-state index contributed by atoms with van der Waals surface area (Å²) in [7, 11) is 0. The van der Waals surface area contributed by atoms with Crippen LogP contribution in [0, 0.1) is 0 Å². The second-order valence-electron chi connectivity index (χ2n) is 9.91. The largest absolute Gasteiger partial charge is 0.493 e. The van der Waals surface area contributed by atoms with Crippen molar-refractivity contribution in [2.75, 3.05) is 37.9 Å². The van der Waals surface area contributed by atoms with Crippen LogP contribution in [-0.2, 0) is 0 Å². The van der Waals surface area contributed by atoms with Crippen molar-refractivity contribution in [3.05, 3.63) is 78.1 Å². The Morgan fingerprint density at radius 2 is 1.16 bits per heavy atom. The number of halogens is 1. The number of hydrogen-bond donors (Lipinski definition) is 7. The van der Waals surface area contributed by atoms with Crippen LogP contribution in [0.15, 0.2) is 73.1 Å². The fourth-order valence-corrected chi connectivity index (χ4v) is 4.60. The quantitative estimate of drug-likeness (QED) is 0.101. The van der Waals surface area contributed by atoms with E-state index in [0.29, 0.717) is 23.3 Å². The number of aromatic nitrogens is 6. The monoisotopic (exact) mass is 632 g/mol. The van der Waals surface area contributed by atoms with Gasteiger partial charge < -0.3 is 31.5 Å². The lowest BCUT2D eigenvalue weighted by molar-refractivity contribution is 0.242. The predicted octanol–water partition coefficient (Wildman–Crippen LogP) is 4.97. The summed E-state index contributed by atoms with van der Waals surface area (Å²) in [6.07, 6.45) is 6.38. The van der Waals surface area contributed by atoms with E-state index in [2.05, 4.69) is 30.4 Å². The molecule has 0 spiro atoms. The molecule has 0 atom stereocenters. The van der Waals surface area contributed by atoms with Crippen LogP contribution in [0.5, 0.6) is 5.75 Å². The summed E-state index contributed by atoms with van der Waals surface area (Å²) in [6.45, 7) is 1.11. The lowest BCUT2D eigenvalue weighted by Gasteiger charge is -2.10. The van der Waals surface area contributed by atoms with Gasteiger partial charge in [-0.1, -0.05) is 29.8 Å². The van der Waals surface area contributed by atoms with E-state index < -0.39 is 0 Å². The number of fused-ring (bicyclic) bond motifs is 2. The molecule has 0 aliphatic rings. The number of benzene rings is 2. The highest BCUT2D eigenvalue weighted by molar-refractivity contribution is 6.35. The van der Waals surface area contributed by atoms with Gasteiger partial charge >= 0.3 is 0 Å². The van der Waals surface area contributed by atoms with Crippen molar-refractivity contribution in [1.29, 1.82) is 0 Å². The molecule has 0 aliphatic heterocycles. The number of ether oxygens (including phenoxy) is 1. The van der Waals surface area contributed by atoms with Crippen LogP contribution in [0.3, 0.4) is 0 Å². The third-order valence-electron chi connectivity index (χ3n) is 6.57. The van der Waals surface area contributed by atoms with Gasteiger partial charge in [0.05, 0.1) is 34.1 Å². The van der Waals surface area contributed by atoms with Gasteiger partial charge in [-0.05, 0) is 62.1 Å². The van der Waals surface area contributed by atoms with Crippen molar-refractivity contribution in [3.63, 3.8) is 0 Å². The summed E-state index contributed by atoms with van der Waals surface area (Å²) in [6, 6.07) is 18.9. The molecule has 0 aliphatic carbocycles. The second kappa shape index (κ2) is 16.9. The normalized spacial score (nSPS) is 10.7. The van der Waals surface area contributed by atoms with E-state index in [1.54, 1.807) is 24.5 Å². The number of unbranched alkanes of at least 4 members (excludes halogenated alkanes) is 2. The summed E-state index contributed by atoms with van der Waals surface area (Å²) in [5.74, 6) is 1.56. The van der Waals surface area contributed by atoms with Crippen LogP contribution in [0.2, 0.25) is 5.02 Å². The van der Waals surface area contributed by atoms with Gasteiger partial charge in [-0.15, -0.1) is 0 Å². The van der Waals surface area contributed by atoms with Crippen LogP contribution >= 0.6 is 11.6 Å². The summed E-state index contributed by atoms with van der Waals surface area (Å²) >= 11 is 6.10. The SMILES string of the molecule is Nc1cc(Cl)c2ccc(-c3ccn[nH]3)cc2n1.Nc1cc(OCCCCO)c2ccc(-c3ccn[nH]3)cc2n1.OCCCCO. The molecule has 0 fully saturated rings. The lowest BCUT2D eigenvalue weighted by Crippen LogP contribution is -2.01. The van der Waals surface area contributed by atoms with Crippen LogP contribution in [-0.4, -0.2) is 72.1 Å². The number of hydrogen-bond acceptors (Lipinski definition) is 10. The molecule has 236 valence electrons. The maximum Gasteiger partial charge on any atom is 0.132 e. The van der Waals surface area contributed by atoms with E-state index in [-0.39, 0.29) is 19.8 Å². The summed E-state index contributed by atoms with van der Waals surface area (Å²) in [5, 5.41) is 41.1. The standard InChI is InChI=1S/C16H18N4O2.C12H9ClN4.C4H10O2/c17-16-10-15(22-8-2-1-7-21)12-4-3-11(9-14(12)19-16)13-5-6-18-20-13;13-9-6-12(14)16-11-5-7(1-2-8(9)11)10-3-4-15-17-10;5-3-1-2-4-6/h3-6,9-10,21H,1-2,7-8H2,(H2,17,19)(H,18,20);1-6H,(H2,14,16)(H,15,17);5-6H,1-4H2. The molecular formula is C32H37ClN8O4. The van der Waals surface area contributed by atoms with Gasteiger partial charge in [-0.3, -0.25) is 10.2 Å². The fourth-order valence-electron chi connectivity index (χ4n) is 4.33. The molecule has 2 aromatic carbocycles. The smallest absolute Gasteiger partial charge is 0.132 e. The summed E-state index contributed by atoms with van der Waals surface area (Å²) < 4.78 is 5.78. The Morgan fingerprint density at radius 1 is 0.644 bits per heavy atom. The minimum atomic E-state index is 0.177. The fraction of sp³-hybridized carbons (Fsp3) is 0.250. The summed E-state index contributed by atoms with van der Waals surface area (Å²) in [4.78, 5) is 8.64. The molecular weight excluding hydrogens is 596 g/mol. The van der Waals surface area contributed by atoms with Crippen molar-refractivity contribution in [2.24, 2.45) is 0 Å². The van der Waals surface area contributed by atoms with Crippen LogP contribution in [0.1, 0.15) is 25.7 Å². The predicted molar refractivity (Wildman–Crippen MR) is 178 cm³/mol. The molecule has 4 heterocycles. The molecule has 6 aromatic rings. The van der Waals surface area contributed by atoms with Crippen LogP contribution < -0.4 is 16.2 Å². The first kappa shape index (κ1) is 33.1. The Labute approximate surface area is 265 Å². The topological polar surface area (TPSA) is 205 Å². The van der Waals surface area contributed by atoms with Crippen molar-refractivity contribution in [1.82, 2.24) is 30.4 Å². The van der Waals surface area contributed by atoms with E-state index in [4.69, 9.17) is 43.1 Å². The number of nitrogens with one attached hydrogen (secondary N) is 2. The summed E-state index contributed by atoms with van der Waals surface area (Å²) in [5.41, 5.74) is 17.0. The Hall–Kier alpha value is -4.75. The number of anilines is 2. The molecule has 0 bridgehead atoms. The van der Waals surface area contributed by atoms with E-state index >= 15 is 0 Å². The van der Waals surface area contributed by atoms with Gasteiger partial charge in [0.1, 0.15) is 17.4 Å². The average molecular weight is 633 g/mol. The number of nitrogens with two attached hydrogens (primary N) is 2. The number of nitrogens with zero attached hydrogens (tertiary/aromatic N) is 4. The number of rotatable bonds is 10. The van der Waals surface area contributed by atoms with Gasteiger partial charge in [0.25, 0.3) is 0 Å². The lowest BCUT2D eigenvalue weighted by atomic mass is 10.1. The number of pyridine rings is 2. The van der Waals surface area contributed by atoms with Gasteiger partial charge in [0.15, 0.2) is 0 Å². The maximum absolute atomic E-state index is 8.81. The van der Waals surface area contributed by atoms with Gasteiger partial charge in [0, 0.05) is 60.2 Å². The minimum Gasteiger partial charge on any atom is -0.493 e. The van der Waals surface area contributed by atoms with E-state index in [1.165, 1.54) is 0 Å². The molecule has 0 saturated heterocycles. The van der Waals surface area contributed by atoms with Crippen molar-refractivity contribution in [2.45, 2.75) is 25.7 Å². The van der Waals surface area contributed by atoms with E-state index in [1.807, 2.05) is 48.5 Å². The number of aliphatic hydroxyl groups is 3. The van der Waals surface area contributed by atoms with Gasteiger partial charge in [-0.2, -0.15) is 10.2 Å². The molecule has 0 radical (unpaired) electrons. The van der Waals surface area contributed by atoms with Crippen molar-refractivity contribution < 1.29 is 20.1 Å². The minimum absolute atomic E-state index is 0.177. The molecule has 9 N–H and O–H groups in total. The van der Waals surface area contributed by atoms with Gasteiger partial charge in [-0.25, -0.2) is 9.97 Å². The highest BCUT2D eigenvalue weighted by Gasteiger charge is 2.09. The second-order valence-corrected chi connectivity index (χ2v) is 10.3. The molecule has 13 heteroatoms. The zero-order valence-corrected chi connectivity index (χ0v) is 25.4. The van der Waals surface area contributed by atoms with E-state index in [0.717, 1.165) is 75.8 Å². The number of aromatic amines is 2. The Morgan fingerprint density at radius 3 is 1.69 bits per heavy atom. The van der Waals surface area contributed by atoms with Crippen LogP contribution in [0.4, 0.5) is 11.6 Å². The van der Waals surface area contributed by atoms with Crippen LogP contribution in [0.25, 0.3) is 44.3 Å². The van der Waals surface area contributed by atoms with Gasteiger partial charge in [0.2, 0.25) is 0 Å². The van der Waals surface area contributed by atoms with Crippen molar-refractivity contribution >= 4 is 45.0 Å².